The summed E-state index contributed by atoms with van der Waals surface area (Å²) in [5.41, 5.74) is 1.72. The molecule has 22 heavy (non-hydrogen) atoms. The molecule has 2 aromatic rings. The summed E-state index contributed by atoms with van der Waals surface area (Å²) in [6, 6.07) is 19.0. The van der Waals surface area contributed by atoms with Crippen molar-refractivity contribution in [3.8, 4) is 6.07 Å². The molecular formula is C18H17ClN2O. The Balaban J connectivity index is 2.08. The molecule has 0 N–H and O–H groups in total. The number of amides is 1. The van der Waals surface area contributed by atoms with Crippen LogP contribution in [0.25, 0.3) is 0 Å². The molecule has 0 fully saturated rings. The first kappa shape index (κ1) is 16.1. The van der Waals surface area contributed by atoms with E-state index in [-0.39, 0.29) is 5.91 Å². The van der Waals surface area contributed by atoms with Crippen LogP contribution in [0.3, 0.4) is 0 Å². The van der Waals surface area contributed by atoms with Gasteiger partial charge in [0.2, 0.25) is 0 Å². The Morgan fingerprint density at radius 2 is 1.86 bits per heavy atom. The first-order chi connectivity index (χ1) is 10.7. The number of nitrogens with zero attached hydrogens (tertiary/aromatic N) is 2. The van der Waals surface area contributed by atoms with Crippen molar-refractivity contribution >= 4 is 17.5 Å². The van der Waals surface area contributed by atoms with Crippen LogP contribution in [0.4, 0.5) is 0 Å². The Labute approximate surface area is 135 Å². The summed E-state index contributed by atoms with van der Waals surface area (Å²) in [4.78, 5) is 14.3. The molecule has 0 unspecified atom stereocenters. The van der Waals surface area contributed by atoms with Crippen LogP contribution in [-0.2, 0) is 6.42 Å². The van der Waals surface area contributed by atoms with Crippen molar-refractivity contribution in [1.82, 2.24) is 4.90 Å². The van der Waals surface area contributed by atoms with Crippen LogP contribution >= 0.6 is 11.6 Å². The highest BCUT2D eigenvalue weighted by molar-refractivity contribution is 6.30. The first-order valence-electron chi connectivity index (χ1n) is 7.16. The standard InChI is InChI=1S/C18H17ClN2O/c19-17-9-4-8-16(14-17)18(22)21(12-5-11-20)13-10-15-6-2-1-3-7-15/h1-4,6-9,14H,5,10,12-13H2. The van der Waals surface area contributed by atoms with Gasteiger partial charge in [0.15, 0.2) is 0 Å². The largest absolute Gasteiger partial charge is 0.337 e. The maximum Gasteiger partial charge on any atom is 0.253 e. The summed E-state index contributed by atoms with van der Waals surface area (Å²) in [6.07, 6.45) is 1.08. The number of benzene rings is 2. The van der Waals surface area contributed by atoms with Crippen LogP contribution in [0.15, 0.2) is 54.6 Å². The summed E-state index contributed by atoms with van der Waals surface area (Å²) in [5, 5.41) is 9.32. The normalized spacial score (nSPS) is 10.0. The highest BCUT2D eigenvalue weighted by atomic mass is 35.5. The third-order valence-electron chi connectivity index (χ3n) is 3.37. The van der Waals surface area contributed by atoms with Crippen molar-refractivity contribution in [3.05, 3.63) is 70.7 Å². The molecular weight excluding hydrogens is 296 g/mol. The second kappa shape index (κ2) is 8.21. The van der Waals surface area contributed by atoms with Gasteiger partial charge in [0.25, 0.3) is 5.91 Å². The van der Waals surface area contributed by atoms with E-state index in [0.29, 0.717) is 30.1 Å². The van der Waals surface area contributed by atoms with Crippen molar-refractivity contribution < 1.29 is 4.79 Å². The van der Waals surface area contributed by atoms with Crippen LogP contribution in [0.1, 0.15) is 22.3 Å². The Bertz CT molecular complexity index is 664. The molecule has 0 atom stereocenters. The molecule has 0 aliphatic heterocycles. The lowest BCUT2D eigenvalue weighted by Crippen LogP contribution is -2.33. The predicted molar refractivity (Wildman–Crippen MR) is 87.7 cm³/mol. The molecule has 2 rings (SSSR count). The third kappa shape index (κ3) is 4.61. The van der Waals surface area contributed by atoms with Gasteiger partial charge in [-0.15, -0.1) is 0 Å². The first-order valence-corrected chi connectivity index (χ1v) is 7.54. The van der Waals surface area contributed by atoms with E-state index < -0.39 is 0 Å². The summed E-state index contributed by atoms with van der Waals surface area (Å²) < 4.78 is 0. The van der Waals surface area contributed by atoms with E-state index >= 15 is 0 Å². The Morgan fingerprint density at radius 3 is 2.55 bits per heavy atom. The lowest BCUT2D eigenvalue weighted by Gasteiger charge is -2.22. The molecule has 0 aromatic heterocycles. The van der Waals surface area contributed by atoms with Gasteiger partial charge in [-0.05, 0) is 30.2 Å². The van der Waals surface area contributed by atoms with E-state index in [9.17, 15) is 4.79 Å². The van der Waals surface area contributed by atoms with Crippen molar-refractivity contribution in [2.24, 2.45) is 0 Å². The van der Waals surface area contributed by atoms with Gasteiger partial charge in [-0.25, -0.2) is 0 Å². The number of hydrogen-bond acceptors (Lipinski definition) is 2. The smallest absolute Gasteiger partial charge is 0.253 e. The molecule has 112 valence electrons. The van der Waals surface area contributed by atoms with E-state index in [4.69, 9.17) is 16.9 Å². The summed E-state index contributed by atoms with van der Waals surface area (Å²) in [5.74, 6) is -0.0892. The average molecular weight is 313 g/mol. The van der Waals surface area contributed by atoms with Crippen molar-refractivity contribution in [2.45, 2.75) is 12.8 Å². The monoisotopic (exact) mass is 312 g/mol. The van der Waals surface area contributed by atoms with Gasteiger partial charge in [-0.3, -0.25) is 4.79 Å². The van der Waals surface area contributed by atoms with Crippen molar-refractivity contribution in [3.63, 3.8) is 0 Å². The molecule has 0 radical (unpaired) electrons. The molecule has 0 saturated heterocycles. The highest BCUT2D eigenvalue weighted by Crippen LogP contribution is 2.13. The van der Waals surface area contributed by atoms with Crippen LogP contribution in [0, 0.1) is 11.3 Å². The quantitative estimate of drug-likeness (QED) is 0.811. The minimum atomic E-state index is -0.0892. The Morgan fingerprint density at radius 1 is 1.09 bits per heavy atom. The topological polar surface area (TPSA) is 44.1 Å². The minimum Gasteiger partial charge on any atom is -0.337 e. The van der Waals surface area contributed by atoms with Crippen LogP contribution in [-0.4, -0.2) is 23.9 Å². The molecule has 0 aliphatic rings. The lowest BCUT2D eigenvalue weighted by molar-refractivity contribution is 0.0761. The van der Waals surface area contributed by atoms with E-state index in [2.05, 4.69) is 6.07 Å². The average Bonchev–Trinajstić information content (AvgIpc) is 2.55. The fraction of sp³-hybridized carbons (Fsp3) is 0.222. The molecule has 0 aliphatic carbocycles. The van der Waals surface area contributed by atoms with Gasteiger partial charge in [0, 0.05) is 23.7 Å². The predicted octanol–water partition coefficient (Wildman–Crippen LogP) is 3.94. The number of rotatable bonds is 6. The van der Waals surface area contributed by atoms with Gasteiger partial charge in [0.05, 0.1) is 12.5 Å². The van der Waals surface area contributed by atoms with E-state index in [1.165, 1.54) is 5.56 Å². The van der Waals surface area contributed by atoms with E-state index in [0.717, 1.165) is 6.42 Å². The van der Waals surface area contributed by atoms with Crippen molar-refractivity contribution in [1.29, 1.82) is 5.26 Å². The Hall–Kier alpha value is -2.31. The fourth-order valence-electron chi connectivity index (χ4n) is 2.21. The second-order valence-electron chi connectivity index (χ2n) is 4.95. The minimum absolute atomic E-state index is 0.0892. The zero-order valence-electron chi connectivity index (χ0n) is 12.2. The maximum absolute atomic E-state index is 12.6. The van der Waals surface area contributed by atoms with Crippen molar-refractivity contribution in [2.75, 3.05) is 13.1 Å². The molecule has 1 amide bonds. The van der Waals surface area contributed by atoms with Gasteiger partial charge < -0.3 is 4.90 Å². The third-order valence-corrected chi connectivity index (χ3v) is 3.60. The molecule has 3 nitrogen and oxygen atoms in total. The highest BCUT2D eigenvalue weighted by Gasteiger charge is 2.15. The number of hydrogen-bond donors (Lipinski definition) is 0. The van der Waals surface area contributed by atoms with E-state index in [1.54, 1.807) is 29.2 Å². The molecule has 0 heterocycles. The second-order valence-corrected chi connectivity index (χ2v) is 5.38. The lowest BCUT2D eigenvalue weighted by atomic mass is 10.1. The Kier molecular flexibility index (Phi) is 6.00. The molecule has 2 aromatic carbocycles. The summed E-state index contributed by atoms with van der Waals surface area (Å²) in [7, 11) is 0. The van der Waals surface area contributed by atoms with Crippen LogP contribution in [0.5, 0.6) is 0 Å². The zero-order chi connectivity index (χ0) is 15.8. The van der Waals surface area contributed by atoms with Gasteiger partial charge in [-0.2, -0.15) is 5.26 Å². The van der Waals surface area contributed by atoms with Gasteiger partial charge in [0.1, 0.15) is 0 Å². The number of carbonyl (C=O) groups excluding carboxylic acids is 1. The van der Waals surface area contributed by atoms with Gasteiger partial charge >= 0.3 is 0 Å². The maximum atomic E-state index is 12.6. The molecule has 0 bridgehead atoms. The number of carbonyl (C=O) groups is 1. The number of halogens is 1. The van der Waals surface area contributed by atoms with Gasteiger partial charge in [-0.1, -0.05) is 48.0 Å². The molecule has 4 heteroatoms. The zero-order valence-corrected chi connectivity index (χ0v) is 13.0. The SMILES string of the molecule is N#CCCN(CCc1ccccc1)C(=O)c1cccc(Cl)c1. The molecule has 0 spiro atoms. The molecule has 0 saturated carbocycles. The van der Waals surface area contributed by atoms with Crippen LogP contribution < -0.4 is 0 Å². The van der Waals surface area contributed by atoms with E-state index in [1.807, 2.05) is 30.3 Å². The summed E-state index contributed by atoms with van der Waals surface area (Å²) >= 11 is 5.95. The number of nitriles is 1. The van der Waals surface area contributed by atoms with Crippen LogP contribution in [0.2, 0.25) is 5.02 Å². The summed E-state index contributed by atoms with van der Waals surface area (Å²) in [6.45, 7) is 1.01. The fourth-order valence-corrected chi connectivity index (χ4v) is 2.40.